The van der Waals surface area contributed by atoms with E-state index in [1.54, 1.807) is 0 Å². The molecule has 0 saturated carbocycles. The lowest BCUT2D eigenvalue weighted by Crippen LogP contribution is -2.39. The Bertz CT molecular complexity index is 943. The van der Waals surface area contributed by atoms with Crippen LogP contribution in [-0.4, -0.2) is 40.6 Å². The molecule has 0 radical (unpaired) electrons. The van der Waals surface area contributed by atoms with Crippen molar-refractivity contribution in [1.82, 2.24) is 15.0 Å². The standard InChI is InChI=1S/C25H29N3O3/c29-24(14-13-20-8-3-1-4-9-20)28-16-7-12-22(18-28)25-26-23(27-31-25)15-17-30-19-21-10-5-2-6-11-21/h1-6,8-11,22H,7,12-19H2. The van der Waals surface area contributed by atoms with E-state index >= 15 is 0 Å². The molecule has 0 aliphatic carbocycles. The van der Waals surface area contributed by atoms with Crippen LogP contribution in [0.1, 0.15) is 48.0 Å². The molecular weight excluding hydrogens is 390 g/mol. The summed E-state index contributed by atoms with van der Waals surface area (Å²) in [5.41, 5.74) is 2.34. The summed E-state index contributed by atoms with van der Waals surface area (Å²) in [6.07, 6.45) is 3.84. The summed E-state index contributed by atoms with van der Waals surface area (Å²) < 4.78 is 11.2. The minimum atomic E-state index is 0.112. The predicted molar refractivity (Wildman–Crippen MR) is 117 cm³/mol. The first-order chi connectivity index (χ1) is 15.3. The number of aromatic nitrogens is 2. The predicted octanol–water partition coefficient (Wildman–Crippen LogP) is 4.17. The fourth-order valence-corrected chi connectivity index (χ4v) is 3.92. The highest BCUT2D eigenvalue weighted by Gasteiger charge is 2.28. The van der Waals surface area contributed by atoms with Gasteiger partial charge < -0.3 is 14.2 Å². The highest BCUT2D eigenvalue weighted by molar-refractivity contribution is 5.76. The quantitative estimate of drug-likeness (QED) is 0.487. The van der Waals surface area contributed by atoms with Crippen molar-refractivity contribution in [3.63, 3.8) is 0 Å². The van der Waals surface area contributed by atoms with Crippen molar-refractivity contribution >= 4 is 5.91 Å². The minimum absolute atomic E-state index is 0.112. The molecule has 6 heteroatoms. The highest BCUT2D eigenvalue weighted by Crippen LogP contribution is 2.26. The number of carbonyl (C=O) groups excluding carboxylic acids is 1. The van der Waals surface area contributed by atoms with E-state index in [1.807, 2.05) is 53.4 Å². The topological polar surface area (TPSA) is 68.5 Å². The van der Waals surface area contributed by atoms with Crippen LogP contribution in [0.3, 0.4) is 0 Å². The first kappa shape index (κ1) is 21.2. The molecule has 1 aliphatic rings. The number of benzene rings is 2. The third-order valence-corrected chi connectivity index (χ3v) is 5.66. The number of hydrogen-bond acceptors (Lipinski definition) is 5. The normalized spacial score (nSPS) is 16.4. The Labute approximate surface area is 183 Å². The first-order valence-electron chi connectivity index (χ1n) is 11.0. The summed E-state index contributed by atoms with van der Waals surface area (Å²) in [7, 11) is 0. The molecule has 6 nitrogen and oxygen atoms in total. The molecule has 162 valence electrons. The van der Waals surface area contributed by atoms with Gasteiger partial charge >= 0.3 is 0 Å². The van der Waals surface area contributed by atoms with Crippen LogP contribution in [-0.2, 0) is 29.0 Å². The van der Waals surface area contributed by atoms with Gasteiger partial charge in [-0.3, -0.25) is 4.79 Å². The van der Waals surface area contributed by atoms with Gasteiger partial charge in [-0.2, -0.15) is 4.98 Å². The Balaban J connectivity index is 1.23. The molecule has 1 unspecified atom stereocenters. The van der Waals surface area contributed by atoms with Gasteiger partial charge in [-0.1, -0.05) is 65.8 Å². The van der Waals surface area contributed by atoms with E-state index < -0.39 is 0 Å². The average molecular weight is 420 g/mol. The smallest absolute Gasteiger partial charge is 0.231 e. The first-order valence-corrected chi connectivity index (χ1v) is 11.0. The van der Waals surface area contributed by atoms with Gasteiger partial charge in [-0.25, -0.2) is 0 Å². The van der Waals surface area contributed by atoms with Gasteiger partial charge in [0.05, 0.1) is 19.1 Å². The van der Waals surface area contributed by atoms with E-state index in [9.17, 15) is 4.79 Å². The van der Waals surface area contributed by atoms with Crippen molar-refractivity contribution in [2.24, 2.45) is 0 Å². The number of likely N-dealkylation sites (tertiary alicyclic amines) is 1. The number of hydrogen-bond donors (Lipinski definition) is 0. The molecule has 2 heterocycles. The largest absolute Gasteiger partial charge is 0.376 e. The number of aryl methyl sites for hydroxylation is 1. The van der Waals surface area contributed by atoms with Crippen molar-refractivity contribution in [2.75, 3.05) is 19.7 Å². The van der Waals surface area contributed by atoms with Gasteiger partial charge in [-0.05, 0) is 30.4 Å². The van der Waals surface area contributed by atoms with Crippen molar-refractivity contribution in [3.8, 4) is 0 Å². The maximum atomic E-state index is 12.7. The SMILES string of the molecule is O=C(CCc1ccccc1)N1CCCC(c2nc(CCOCc3ccccc3)no2)C1. The Morgan fingerprint density at radius 3 is 2.55 bits per heavy atom. The van der Waals surface area contributed by atoms with Gasteiger partial charge in [-0.15, -0.1) is 0 Å². The molecule has 0 N–H and O–H groups in total. The summed E-state index contributed by atoms with van der Waals surface area (Å²) in [5, 5.41) is 4.11. The fourth-order valence-electron chi connectivity index (χ4n) is 3.92. The van der Waals surface area contributed by atoms with Crippen molar-refractivity contribution in [2.45, 2.75) is 44.6 Å². The summed E-state index contributed by atoms with van der Waals surface area (Å²) in [4.78, 5) is 19.2. The van der Waals surface area contributed by atoms with Crippen LogP contribution in [0, 0.1) is 0 Å². The molecule has 4 rings (SSSR count). The maximum absolute atomic E-state index is 12.7. The molecule has 0 spiro atoms. The average Bonchev–Trinajstić information content (AvgIpc) is 3.31. The van der Waals surface area contributed by atoms with Crippen LogP contribution < -0.4 is 0 Å². The number of amides is 1. The van der Waals surface area contributed by atoms with Gasteiger partial charge in [0.1, 0.15) is 0 Å². The van der Waals surface area contributed by atoms with Gasteiger partial charge in [0.2, 0.25) is 11.8 Å². The van der Waals surface area contributed by atoms with E-state index in [0.29, 0.717) is 44.3 Å². The number of nitrogens with zero attached hydrogens (tertiary/aromatic N) is 3. The Morgan fingerprint density at radius 2 is 1.77 bits per heavy atom. The number of piperidine rings is 1. The van der Waals surface area contributed by atoms with Crippen LogP contribution in [0.15, 0.2) is 65.2 Å². The zero-order valence-corrected chi connectivity index (χ0v) is 17.8. The number of rotatable bonds is 9. The molecule has 1 atom stereocenters. The molecule has 1 fully saturated rings. The fraction of sp³-hybridized carbons (Fsp3) is 0.400. The number of carbonyl (C=O) groups is 1. The monoisotopic (exact) mass is 419 g/mol. The lowest BCUT2D eigenvalue weighted by molar-refractivity contribution is -0.132. The summed E-state index contributed by atoms with van der Waals surface area (Å²) in [6.45, 7) is 2.58. The van der Waals surface area contributed by atoms with Gasteiger partial charge in [0, 0.05) is 25.9 Å². The minimum Gasteiger partial charge on any atom is -0.376 e. The molecule has 31 heavy (non-hydrogen) atoms. The third kappa shape index (κ3) is 6.25. The van der Waals surface area contributed by atoms with Gasteiger partial charge in [0.25, 0.3) is 0 Å². The van der Waals surface area contributed by atoms with E-state index in [-0.39, 0.29) is 11.8 Å². The highest BCUT2D eigenvalue weighted by atomic mass is 16.5. The second kappa shape index (κ2) is 10.9. The van der Waals surface area contributed by atoms with E-state index in [1.165, 1.54) is 5.56 Å². The van der Waals surface area contributed by atoms with Crippen LogP contribution in [0.5, 0.6) is 0 Å². The van der Waals surface area contributed by atoms with E-state index in [4.69, 9.17) is 9.26 Å². The Hall–Kier alpha value is -2.99. The molecule has 1 aliphatic heterocycles. The molecule has 1 aromatic heterocycles. The molecule has 3 aromatic rings. The summed E-state index contributed by atoms with van der Waals surface area (Å²) in [6, 6.07) is 20.2. The van der Waals surface area contributed by atoms with Gasteiger partial charge in [0.15, 0.2) is 5.82 Å². The zero-order chi connectivity index (χ0) is 21.3. The lowest BCUT2D eigenvalue weighted by atomic mass is 9.97. The maximum Gasteiger partial charge on any atom is 0.231 e. The summed E-state index contributed by atoms with van der Waals surface area (Å²) in [5.74, 6) is 1.61. The Kier molecular flexibility index (Phi) is 7.45. The van der Waals surface area contributed by atoms with Crippen LogP contribution in [0.25, 0.3) is 0 Å². The second-order valence-electron chi connectivity index (χ2n) is 8.00. The third-order valence-electron chi connectivity index (χ3n) is 5.66. The summed E-state index contributed by atoms with van der Waals surface area (Å²) >= 11 is 0. The van der Waals surface area contributed by atoms with Crippen molar-refractivity contribution in [1.29, 1.82) is 0 Å². The zero-order valence-electron chi connectivity index (χ0n) is 17.8. The van der Waals surface area contributed by atoms with Crippen molar-refractivity contribution in [3.05, 3.63) is 83.5 Å². The van der Waals surface area contributed by atoms with Crippen LogP contribution >= 0.6 is 0 Å². The number of ether oxygens (including phenoxy) is 1. The molecule has 2 aromatic carbocycles. The molecule has 1 amide bonds. The molecule has 0 bridgehead atoms. The van der Waals surface area contributed by atoms with Crippen molar-refractivity contribution < 1.29 is 14.1 Å². The lowest BCUT2D eigenvalue weighted by Gasteiger charge is -2.31. The molecule has 1 saturated heterocycles. The van der Waals surface area contributed by atoms with Crippen LogP contribution in [0.2, 0.25) is 0 Å². The second-order valence-corrected chi connectivity index (χ2v) is 8.00. The van der Waals surface area contributed by atoms with E-state index in [2.05, 4.69) is 22.3 Å². The Morgan fingerprint density at radius 1 is 1.03 bits per heavy atom. The van der Waals surface area contributed by atoms with Crippen LogP contribution in [0.4, 0.5) is 0 Å². The molecular formula is C25H29N3O3. The van der Waals surface area contributed by atoms with E-state index in [0.717, 1.165) is 31.4 Å².